The maximum atomic E-state index is 12.5. The zero-order valence-corrected chi connectivity index (χ0v) is 18.8. The molecule has 0 spiro atoms. The van der Waals surface area contributed by atoms with E-state index in [-0.39, 0.29) is 11.7 Å². The second-order valence-electron chi connectivity index (χ2n) is 7.33. The zero-order valence-electron chi connectivity index (χ0n) is 18.0. The Kier molecular flexibility index (Phi) is 7.20. The molecule has 2 aromatic carbocycles. The fourth-order valence-corrected chi connectivity index (χ4v) is 3.50. The molecule has 0 fully saturated rings. The third-order valence-electron chi connectivity index (χ3n) is 5.32. The van der Waals surface area contributed by atoms with E-state index in [1.807, 2.05) is 0 Å². The van der Waals surface area contributed by atoms with Crippen molar-refractivity contribution in [2.75, 3.05) is 20.1 Å². The topological polar surface area (TPSA) is 98.4 Å². The van der Waals surface area contributed by atoms with Gasteiger partial charge in [0.05, 0.1) is 10.5 Å². The van der Waals surface area contributed by atoms with Gasteiger partial charge in [0.15, 0.2) is 5.96 Å². The molecule has 0 aliphatic rings. The summed E-state index contributed by atoms with van der Waals surface area (Å²) in [5, 5.41) is 8.63. The molecule has 1 heterocycles. The second-order valence-corrected chi connectivity index (χ2v) is 7.74. The number of hydrogen-bond donors (Lipinski definition) is 3. The smallest absolute Gasteiger partial charge is 0.276 e. The number of halogens is 1. The molecule has 0 radical (unpaired) electrons. The van der Waals surface area contributed by atoms with Crippen molar-refractivity contribution < 1.29 is 9.53 Å². The molecular weight excluding hydrogens is 414 g/mol. The van der Waals surface area contributed by atoms with Crippen LogP contribution in [0.25, 0.3) is 10.9 Å². The number of nitrogens with one attached hydrogen (secondary N) is 2. The van der Waals surface area contributed by atoms with E-state index < -0.39 is 5.91 Å². The standard InChI is InChI=1S/C23H28ClN5O2/c1-4-29(5-2)13-15-6-8-16(9-7-15)14-31-20-11-10-18(24)17-12-19(27-21(17)20)22(30)28(3)23(25)26/h6-12,27H,4-5,13-14H2,1-3H3,(H3,25,26). The molecule has 3 rings (SSSR count). The number of benzene rings is 2. The highest BCUT2D eigenvalue weighted by atomic mass is 35.5. The second kappa shape index (κ2) is 9.85. The van der Waals surface area contributed by atoms with Crippen LogP contribution in [-0.2, 0) is 13.2 Å². The lowest BCUT2D eigenvalue weighted by Gasteiger charge is -2.18. The predicted octanol–water partition coefficient (Wildman–Crippen LogP) is 4.21. The Balaban J connectivity index is 1.77. The number of carbonyl (C=O) groups excluding carboxylic acids is 1. The number of hydrogen-bond acceptors (Lipinski definition) is 4. The van der Waals surface area contributed by atoms with E-state index in [1.165, 1.54) is 12.6 Å². The van der Waals surface area contributed by atoms with Crippen LogP contribution in [0, 0.1) is 5.41 Å². The predicted molar refractivity (Wildman–Crippen MR) is 125 cm³/mol. The normalized spacial score (nSPS) is 11.1. The lowest BCUT2D eigenvalue weighted by Crippen LogP contribution is -2.38. The molecule has 7 nitrogen and oxygen atoms in total. The number of guanidine groups is 1. The molecule has 0 aliphatic carbocycles. The number of nitrogens with two attached hydrogens (primary N) is 1. The molecule has 3 aromatic rings. The third-order valence-corrected chi connectivity index (χ3v) is 5.65. The quantitative estimate of drug-likeness (QED) is 0.360. The van der Waals surface area contributed by atoms with Crippen molar-refractivity contribution in [2.24, 2.45) is 5.73 Å². The van der Waals surface area contributed by atoms with Crippen LogP contribution in [-0.4, -0.2) is 46.8 Å². The molecule has 31 heavy (non-hydrogen) atoms. The minimum atomic E-state index is -0.422. The van der Waals surface area contributed by atoms with Crippen molar-refractivity contribution in [2.45, 2.75) is 27.0 Å². The van der Waals surface area contributed by atoms with Gasteiger partial charge in [-0.05, 0) is 42.4 Å². The Bertz CT molecular complexity index is 1070. The monoisotopic (exact) mass is 441 g/mol. The van der Waals surface area contributed by atoms with Crippen molar-refractivity contribution in [3.05, 3.63) is 64.3 Å². The largest absolute Gasteiger partial charge is 0.487 e. The molecule has 164 valence electrons. The molecule has 8 heteroatoms. The van der Waals surface area contributed by atoms with Gasteiger partial charge in [0.1, 0.15) is 18.1 Å². The van der Waals surface area contributed by atoms with Crippen molar-refractivity contribution in [1.82, 2.24) is 14.8 Å². The molecule has 0 saturated carbocycles. The minimum Gasteiger partial charge on any atom is -0.487 e. The van der Waals surface area contributed by atoms with E-state index in [4.69, 9.17) is 27.5 Å². The summed E-state index contributed by atoms with van der Waals surface area (Å²) < 4.78 is 6.03. The van der Waals surface area contributed by atoms with Crippen molar-refractivity contribution >= 4 is 34.4 Å². The average Bonchev–Trinajstić information content (AvgIpc) is 3.23. The van der Waals surface area contributed by atoms with Gasteiger partial charge in [-0.1, -0.05) is 49.7 Å². The molecule has 0 aliphatic heterocycles. The summed E-state index contributed by atoms with van der Waals surface area (Å²) in [7, 11) is 1.44. The van der Waals surface area contributed by atoms with Gasteiger partial charge in [-0.3, -0.25) is 20.0 Å². The van der Waals surface area contributed by atoms with Gasteiger partial charge < -0.3 is 15.5 Å². The summed E-state index contributed by atoms with van der Waals surface area (Å²) in [5.41, 5.74) is 8.64. The van der Waals surface area contributed by atoms with E-state index in [0.717, 1.165) is 30.1 Å². The van der Waals surface area contributed by atoms with Crippen LogP contribution in [0.3, 0.4) is 0 Å². The highest BCUT2D eigenvalue weighted by Gasteiger charge is 2.19. The molecule has 0 bridgehead atoms. The lowest BCUT2D eigenvalue weighted by atomic mass is 10.1. The summed E-state index contributed by atoms with van der Waals surface area (Å²) in [6.07, 6.45) is 0. The Labute approximate surface area is 187 Å². The van der Waals surface area contributed by atoms with Crippen molar-refractivity contribution in [3.63, 3.8) is 0 Å². The van der Waals surface area contributed by atoms with E-state index in [1.54, 1.807) is 18.2 Å². The molecule has 0 saturated heterocycles. The minimum absolute atomic E-state index is 0.284. The fourth-order valence-electron chi connectivity index (χ4n) is 3.29. The fraction of sp³-hybridized carbons (Fsp3) is 0.304. The van der Waals surface area contributed by atoms with Crippen LogP contribution in [0.2, 0.25) is 5.02 Å². The Morgan fingerprint density at radius 3 is 2.39 bits per heavy atom. The van der Waals surface area contributed by atoms with Crippen molar-refractivity contribution in [1.29, 1.82) is 5.41 Å². The molecule has 1 aromatic heterocycles. The molecule has 1 amide bonds. The highest BCUT2D eigenvalue weighted by molar-refractivity contribution is 6.35. The number of ether oxygens (including phenoxy) is 1. The first-order chi connectivity index (χ1) is 14.8. The Morgan fingerprint density at radius 1 is 1.13 bits per heavy atom. The Morgan fingerprint density at radius 2 is 1.77 bits per heavy atom. The van der Waals surface area contributed by atoms with Gasteiger partial charge >= 0.3 is 0 Å². The molecule has 0 atom stereocenters. The first-order valence-electron chi connectivity index (χ1n) is 10.2. The third kappa shape index (κ3) is 5.18. The van der Waals surface area contributed by atoms with Gasteiger partial charge in [-0.2, -0.15) is 0 Å². The van der Waals surface area contributed by atoms with E-state index in [0.29, 0.717) is 28.3 Å². The summed E-state index contributed by atoms with van der Waals surface area (Å²) in [6.45, 7) is 7.69. The van der Waals surface area contributed by atoms with Gasteiger partial charge in [-0.25, -0.2) is 0 Å². The maximum absolute atomic E-state index is 12.5. The average molecular weight is 442 g/mol. The zero-order chi connectivity index (χ0) is 22.5. The summed E-state index contributed by atoms with van der Waals surface area (Å²) >= 11 is 6.32. The van der Waals surface area contributed by atoms with Crippen molar-refractivity contribution in [3.8, 4) is 5.75 Å². The number of amides is 1. The van der Waals surface area contributed by atoms with Crippen LogP contribution in [0.4, 0.5) is 0 Å². The molecule has 0 unspecified atom stereocenters. The van der Waals surface area contributed by atoms with Crippen LogP contribution in [0.15, 0.2) is 42.5 Å². The highest BCUT2D eigenvalue weighted by Crippen LogP contribution is 2.32. The maximum Gasteiger partial charge on any atom is 0.276 e. The number of H-pyrrole nitrogens is 1. The lowest BCUT2D eigenvalue weighted by molar-refractivity contribution is 0.0864. The molecule has 4 N–H and O–H groups in total. The summed E-state index contributed by atoms with van der Waals surface area (Å²) in [6, 6.07) is 13.5. The van der Waals surface area contributed by atoms with E-state index >= 15 is 0 Å². The number of carbonyl (C=O) groups is 1. The Hall–Kier alpha value is -3.03. The number of rotatable bonds is 8. The van der Waals surface area contributed by atoms with Gasteiger partial charge in [-0.15, -0.1) is 0 Å². The van der Waals surface area contributed by atoms with Crippen LogP contribution >= 0.6 is 11.6 Å². The number of nitrogens with zero attached hydrogens (tertiary/aromatic N) is 2. The van der Waals surface area contributed by atoms with Gasteiger partial charge in [0.2, 0.25) is 0 Å². The van der Waals surface area contributed by atoms with Gasteiger partial charge in [0.25, 0.3) is 5.91 Å². The van der Waals surface area contributed by atoms with Crippen LogP contribution < -0.4 is 10.5 Å². The van der Waals surface area contributed by atoms with Crippen LogP contribution in [0.1, 0.15) is 35.5 Å². The summed E-state index contributed by atoms with van der Waals surface area (Å²) in [5.74, 6) is -0.165. The van der Waals surface area contributed by atoms with Crippen LogP contribution in [0.5, 0.6) is 5.75 Å². The SMILES string of the molecule is CCN(CC)Cc1ccc(COc2ccc(Cl)c3cc(C(=O)N(C)C(=N)N)[nH]c23)cc1. The molecular formula is C23H28ClN5O2. The first kappa shape index (κ1) is 22.7. The van der Waals surface area contributed by atoms with E-state index in [2.05, 4.69) is 48.0 Å². The number of aromatic amines is 1. The van der Waals surface area contributed by atoms with Gasteiger partial charge in [0, 0.05) is 19.0 Å². The first-order valence-corrected chi connectivity index (χ1v) is 10.6. The number of aromatic nitrogens is 1. The number of fused-ring (bicyclic) bond motifs is 1. The summed E-state index contributed by atoms with van der Waals surface area (Å²) in [4.78, 5) is 19.0. The van der Waals surface area contributed by atoms with E-state index in [9.17, 15) is 4.79 Å².